The van der Waals surface area contributed by atoms with Gasteiger partial charge < -0.3 is 20.1 Å². The molecule has 1 aliphatic rings. The Balaban J connectivity index is 2.04. The van der Waals surface area contributed by atoms with E-state index in [0.29, 0.717) is 11.2 Å². The van der Waals surface area contributed by atoms with Gasteiger partial charge in [0, 0.05) is 0 Å². The van der Waals surface area contributed by atoms with Crippen LogP contribution in [0.15, 0.2) is 12.7 Å². The fourth-order valence-electron chi connectivity index (χ4n) is 2.12. The SMILES string of the molecule is OC[C@@H]1O[C@H](n2cnc3c(Cl)ncnc32)[C@@H](O)[C@@H]1O. The fraction of sp³-hybridized carbons (Fsp3) is 0.500. The van der Waals surface area contributed by atoms with Crippen LogP contribution in [0.5, 0.6) is 0 Å². The minimum atomic E-state index is -1.19. The molecule has 102 valence electrons. The molecule has 0 spiro atoms. The third-order valence-corrected chi connectivity index (χ3v) is 3.38. The maximum absolute atomic E-state index is 9.95. The van der Waals surface area contributed by atoms with E-state index in [9.17, 15) is 10.2 Å². The normalized spacial score (nSPS) is 31.2. The number of rotatable bonds is 2. The minimum Gasteiger partial charge on any atom is -0.394 e. The number of ether oxygens (including phenoxy) is 1. The molecule has 4 atom stereocenters. The molecular weight excluding hydrogens is 276 g/mol. The van der Waals surface area contributed by atoms with Crippen LogP contribution in [0.4, 0.5) is 0 Å². The molecule has 0 amide bonds. The molecule has 9 heteroatoms. The first-order chi connectivity index (χ1) is 9.13. The van der Waals surface area contributed by atoms with Crippen molar-refractivity contribution in [2.45, 2.75) is 24.5 Å². The Morgan fingerprint density at radius 1 is 1.26 bits per heavy atom. The Morgan fingerprint density at radius 2 is 2.05 bits per heavy atom. The van der Waals surface area contributed by atoms with Crippen molar-refractivity contribution in [2.24, 2.45) is 0 Å². The molecule has 1 saturated heterocycles. The van der Waals surface area contributed by atoms with E-state index in [4.69, 9.17) is 21.4 Å². The first-order valence-electron chi connectivity index (χ1n) is 5.59. The summed E-state index contributed by atoms with van der Waals surface area (Å²) in [5, 5.41) is 28.9. The van der Waals surface area contributed by atoms with E-state index in [1.807, 2.05) is 0 Å². The topological polar surface area (TPSA) is 114 Å². The molecule has 0 saturated carbocycles. The van der Waals surface area contributed by atoms with Crippen LogP contribution in [0.3, 0.4) is 0 Å². The van der Waals surface area contributed by atoms with E-state index < -0.39 is 31.1 Å². The number of hydrogen-bond acceptors (Lipinski definition) is 7. The summed E-state index contributed by atoms with van der Waals surface area (Å²) in [6.07, 6.45) is -1.44. The molecule has 8 nitrogen and oxygen atoms in total. The molecule has 1 fully saturated rings. The summed E-state index contributed by atoms with van der Waals surface area (Å²) in [6.45, 7) is -0.392. The van der Waals surface area contributed by atoms with Crippen LogP contribution in [0.2, 0.25) is 5.15 Å². The lowest BCUT2D eigenvalue weighted by atomic mass is 10.1. The predicted molar refractivity (Wildman–Crippen MR) is 63.3 cm³/mol. The number of aliphatic hydroxyl groups excluding tert-OH is 3. The van der Waals surface area contributed by atoms with Gasteiger partial charge in [-0.1, -0.05) is 11.6 Å². The van der Waals surface area contributed by atoms with Crippen LogP contribution in [-0.2, 0) is 4.74 Å². The third-order valence-electron chi connectivity index (χ3n) is 3.11. The molecule has 19 heavy (non-hydrogen) atoms. The molecule has 0 radical (unpaired) electrons. The quantitative estimate of drug-likeness (QED) is 0.613. The Labute approximate surface area is 112 Å². The third kappa shape index (κ3) is 1.88. The Hall–Kier alpha value is -1.32. The standard InChI is InChI=1S/C10H11ClN4O4/c11-8-5-9(13-2-12-8)15(3-14-5)10-7(18)6(17)4(1-16)19-10/h2-4,6-7,10,16-18H,1H2/t4-,6+,7-,10-/m0/s1. The zero-order chi connectivity index (χ0) is 13.6. The van der Waals surface area contributed by atoms with Crippen molar-refractivity contribution in [2.75, 3.05) is 6.61 Å². The monoisotopic (exact) mass is 286 g/mol. The van der Waals surface area contributed by atoms with Gasteiger partial charge in [-0.25, -0.2) is 15.0 Å². The highest BCUT2D eigenvalue weighted by Crippen LogP contribution is 2.31. The summed E-state index contributed by atoms with van der Waals surface area (Å²) in [6, 6.07) is 0. The fourth-order valence-corrected chi connectivity index (χ4v) is 2.30. The predicted octanol–water partition coefficient (Wildman–Crippen LogP) is -0.909. The Kier molecular flexibility index (Phi) is 3.11. The number of halogens is 1. The molecule has 0 aliphatic carbocycles. The summed E-state index contributed by atoms with van der Waals surface area (Å²) < 4.78 is 6.85. The molecule has 0 bridgehead atoms. The Morgan fingerprint density at radius 3 is 2.74 bits per heavy atom. The summed E-state index contributed by atoms with van der Waals surface area (Å²) >= 11 is 5.88. The zero-order valence-electron chi connectivity index (χ0n) is 9.59. The molecular formula is C10H11ClN4O4. The van der Waals surface area contributed by atoms with Crippen LogP contribution in [-0.4, -0.2) is 59.8 Å². The highest BCUT2D eigenvalue weighted by molar-refractivity contribution is 6.33. The van der Waals surface area contributed by atoms with Crippen molar-refractivity contribution < 1.29 is 20.1 Å². The first-order valence-corrected chi connectivity index (χ1v) is 5.96. The van der Waals surface area contributed by atoms with Gasteiger partial charge in [0.2, 0.25) is 0 Å². The number of hydrogen-bond donors (Lipinski definition) is 3. The second kappa shape index (κ2) is 4.66. The van der Waals surface area contributed by atoms with Gasteiger partial charge in [0.25, 0.3) is 0 Å². The number of nitrogens with zero attached hydrogens (tertiary/aromatic N) is 4. The first kappa shape index (κ1) is 12.7. The van der Waals surface area contributed by atoms with Crippen molar-refractivity contribution in [3.05, 3.63) is 17.8 Å². The van der Waals surface area contributed by atoms with Gasteiger partial charge in [0.1, 0.15) is 30.2 Å². The van der Waals surface area contributed by atoms with Gasteiger partial charge >= 0.3 is 0 Å². The van der Waals surface area contributed by atoms with Crippen LogP contribution >= 0.6 is 11.6 Å². The minimum absolute atomic E-state index is 0.190. The molecule has 3 heterocycles. The molecule has 0 aromatic carbocycles. The smallest absolute Gasteiger partial charge is 0.167 e. The summed E-state index contributed by atoms with van der Waals surface area (Å²) in [5.74, 6) is 0. The lowest BCUT2D eigenvalue weighted by Gasteiger charge is -2.16. The molecule has 3 rings (SSSR count). The largest absolute Gasteiger partial charge is 0.394 e. The van der Waals surface area contributed by atoms with Crippen molar-refractivity contribution >= 4 is 22.8 Å². The maximum atomic E-state index is 9.95. The van der Waals surface area contributed by atoms with Crippen LogP contribution in [0.25, 0.3) is 11.2 Å². The zero-order valence-corrected chi connectivity index (χ0v) is 10.3. The van der Waals surface area contributed by atoms with Gasteiger partial charge in [-0.05, 0) is 0 Å². The molecule has 1 aliphatic heterocycles. The highest BCUT2D eigenvalue weighted by Gasteiger charge is 2.43. The second-order valence-electron chi connectivity index (χ2n) is 4.22. The maximum Gasteiger partial charge on any atom is 0.167 e. The number of fused-ring (bicyclic) bond motifs is 1. The van der Waals surface area contributed by atoms with Gasteiger partial charge in [-0.2, -0.15) is 0 Å². The van der Waals surface area contributed by atoms with Crippen LogP contribution in [0, 0.1) is 0 Å². The van der Waals surface area contributed by atoms with Gasteiger partial charge in [-0.3, -0.25) is 4.57 Å². The lowest BCUT2D eigenvalue weighted by molar-refractivity contribution is -0.0511. The number of aromatic nitrogens is 4. The summed E-state index contributed by atoms with van der Waals surface area (Å²) in [7, 11) is 0. The second-order valence-corrected chi connectivity index (χ2v) is 4.58. The highest BCUT2D eigenvalue weighted by atomic mass is 35.5. The molecule has 2 aromatic heterocycles. The van der Waals surface area contributed by atoms with Crippen molar-refractivity contribution in [3.63, 3.8) is 0 Å². The molecule has 2 aromatic rings. The van der Waals surface area contributed by atoms with Crippen LogP contribution < -0.4 is 0 Å². The van der Waals surface area contributed by atoms with Gasteiger partial charge in [-0.15, -0.1) is 0 Å². The lowest BCUT2D eigenvalue weighted by Crippen LogP contribution is -2.33. The van der Waals surface area contributed by atoms with E-state index >= 15 is 0 Å². The van der Waals surface area contributed by atoms with Crippen molar-refractivity contribution in [3.8, 4) is 0 Å². The summed E-state index contributed by atoms with van der Waals surface area (Å²) in [4.78, 5) is 11.9. The average Bonchev–Trinajstić information content (AvgIpc) is 2.94. The van der Waals surface area contributed by atoms with Gasteiger partial charge in [0.05, 0.1) is 12.9 Å². The molecule has 0 unspecified atom stereocenters. The van der Waals surface area contributed by atoms with E-state index in [-0.39, 0.29) is 5.15 Å². The Bertz CT molecular complexity index is 606. The number of imidazole rings is 1. The summed E-state index contributed by atoms with van der Waals surface area (Å²) in [5.41, 5.74) is 0.761. The number of aliphatic hydroxyl groups is 3. The molecule has 3 N–H and O–H groups in total. The van der Waals surface area contributed by atoms with Crippen molar-refractivity contribution in [1.82, 2.24) is 19.5 Å². The van der Waals surface area contributed by atoms with E-state index in [1.54, 1.807) is 0 Å². The van der Waals surface area contributed by atoms with E-state index in [0.717, 1.165) is 0 Å². The van der Waals surface area contributed by atoms with E-state index in [1.165, 1.54) is 17.2 Å². The van der Waals surface area contributed by atoms with Crippen LogP contribution in [0.1, 0.15) is 6.23 Å². The van der Waals surface area contributed by atoms with E-state index in [2.05, 4.69) is 15.0 Å². The van der Waals surface area contributed by atoms with Gasteiger partial charge in [0.15, 0.2) is 17.0 Å². The average molecular weight is 287 g/mol. The van der Waals surface area contributed by atoms with Crippen molar-refractivity contribution in [1.29, 1.82) is 0 Å².